The molecule has 0 aromatic carbocycles. The lowest BCUT2D eigenvalue weighted by atomic mass is 10.3. The Hall–Kier alpha value is -1.63. The monoisotopic (exact) mass is 229 g/mol. The molecule has 82 valence electrons. The number of ether oxygens (including phenoxy) is 1. The lowest BCUT2D eigenvalue weighted by Gasteiger charge is -2.07. The van der Waals surface area contributed by atoms with E-state index in [4.69, 9.17) is 10.5 Å². The molecule has 0 radical (unpaired) electrons. The maximum Gasteiger partial charge on any atom is 0.397 e. The predicted octanol–water partition coefficient (Wildman–Crippen LogP) is 0.540. The van der Waals surface area contributed by atoms with Gasteiger partial charge in [-0.15, -0.1) is 11.3 Å². The van der Waals surface area contributed by atoms with Crippen LogP contribution in [0.15, 0.2) is 5.38 Å². The molecule has 6 nitrogen and oxygen atoms in total. The van der Waals surface area contributed by atoms with E-state index >= 15 is 0 Å². The van der Waals surface area contributed by atoms with Crippen LogP contribution in [-0.4, -0.2) is 29.0 Å². The number of nitrogens with two attached hydrogens (primary N) is 1. The van der Waals surface area contributed by atoms with Crippen LogP contribution < -0.4 is 5.73 Å². The summed E-state index contributed by atoms with van der Waals surface area (Å²) in [6.45, 7) is 1.66. The lowest BCUT2D eigenvalue weighted by molar-refractivity contribution is -0.417. The van der Waals surface area contributed by atoms with Crippen molar-refractivity contribution < 1.29 is 14.3 Å². The second kappa shape index (κ2) is 4.74. The molecule has 0 fully saturated rings. The van der Waals surface area contributed by atoms with Crippen molar-refractivity contribution in [1.82, 2.24) is 4.98 Å². The molecule has 2 N–H and O–H groups in total. The van der Waals surface area contributed by atoms with Crippen LogP contribution in [0.25, 0.3) is 0 Å². The van der Waals surface area contributed by atoms with E-state index in [1.807, 2.05) is 0 Å². The molecule has 1 aromatic rings. The van der Waals surface area contributed by atoms with Crippen LogP contribution in [0.4, 0.5) is 5.13 Å². The van der Waals surface area contributed by atoms with E-state index in [1.54, 1.807) is 12.3 Å². The number of hydrogen-bond donors (Lipinski definition) is 1. The van der Waals surface area contributed by atoms with E-state index in [9.17, 15) is 10.0 Å². The minimum absolute atomic E-state index is 0.379. The predicted molar refractivity (Wildman–Crippen MR) is 56.6 cm³/mol. The number of carbonyl (C=O) groups is 1. The Bertz CT molecular complexity index is 384. The van der Waals surface area contributed by atoms with Gasteiger partial charge in [0.05, 0.1) is 5.69 Å². The quantitative estimate of drug-likeness (QED) is 0.268. The Morgan fingerprint density at radius 3 is 3.00 bits per heavy atom. The maximum absolute atomic E-state index is 11.1. The van der Waals surface area contributed by atoms with Crippen LogP contribution in [0.5, 0.6) is 0 Å². The van der Waals surface area contributed by atoms with Crippen molar-refractivity contribution in [2.45, 2.75) is 13.0 Å². The first-order valence-electron chi connectivity index (χ1n) is 4.15. The number of hydrogen-bond acceptors (Lipinski definition) is 6. The number of aromatic nitrogens is 1. The molecule has 1 rings (SSSR count). The van der Waals surface area contributed by atoms with E-state index < -0.39 is 12.1 Å². The largest absolute Gasteiger partial charge is 0.624 e. The minimum Gasteiger partial charge on any atom is -0.624 e. The second-order valence-electron chi connectivity index (χ2n) is 2.87. The summed E-state index contributed by atoms with van der Waals surface area (Å²) in [6.07, 6.45) is 0.300. The first kappa shape index (κ1) is 11.4. The SMILES string of the molecule is CC(OC(=O)/C=[N+](/C)[O-])c1csc(N)n1. The van der Waals surface area contributed by atoms with Crippen LogP contribution in [0.1, 0.15) is 18.7 Å². The maximum atomic E-state index is 11.1. The highest BCUT2D eigenvalue weighted by Gasteiger charge is 2.14. The molecule has 1 aromatic heterocycles. The molecule has 0 aliphatic rings. The number of rotatable bonds is 3. The van der Waals surface area contributed by atoms with Crippen LogP contribution in [0.3, 0.4) is 0 Å². The van der Waals surface area contributed by atoms with Gasteiger partial charge in [-0.1, -0.05) is 0 Å². The number of anilines is 1. The van der Waals surface area contributed by atoms with Crippen molar-refractivity contribution in [3.05, 3.63) is 16.3 Å². The second-order valence-corrected chi connectivity index (χ2v) is 3.75. The molecule has 0 bridgehead atoms. The Balaban J connectivity index is 2.60. The number of esters is 1. The van der Waals surface area contributed by atoms with Gasteiger partial charge in [-0.2, -0.15) is 0 Å². The molecule has 1 atom stereocenters. The van der Waals surface area contributed by atoms with E-state index in [0.717, 1.165) is 6.21 Å². The van der Waals surface area contributed by atoms with Gasteiger partial charge in [0.25, 0.3) is 6.21 Å². The Labute approximate surface area is 90.6 Å². The molecular weight excluding hydrogens is 218 g/mol. The highest BCUT2D eigenvalue weighted by Crippen LogP contribution is 2.20. The molecular formula is C8H11N3O3S. The van der Waals surface area contributed by atoms with Gasteiger partial charge in [0.2, 0.25) is 0 Å². The third-order valence-corrected chi connectivity index (χ3v) is 2.23. The van der Waals surface area contributed by atoms with Crippen LogP contribution in [-0.2, 0) is 9.53 Å². The van der Waals surface area contributed by atoms with Gasteiger partial charge >= 0.3 is 5.97 Å². The summed E-state index contributed by atoms with van der Waals surface area (Å²) in [5.74, 6) is -0.702. The average molecular weight is 229 g/mol. The fraction of sp³-hybridized carbons (Fsp3) is 0.375. The normalized spacial score (nSPS) is 13.6. The third kappa shape index (κ3) is 3.55. The summed E-state index contributed by atoms with van der Waals surface area (Å²) >= 11 is 1.27. The van der Waals surface area contributed by atoms with E-state index in [-0.39, 0.29) is 0 Å². The summed E-state index contributed by atoms with van der Waals surface area (Å²) in [4.78, 5) is 15.0. The first-order valence-corrected chi connectivity index (χ1v) is 5.03. The van der Waals surface area contributed by atoms with Gasteiger partial charge in [0.1, 0.15) is 13.2 Å². The summed E-state index contributed by atoms with van der Waals surface area (Å²) in [7, 11) is 1.20. The van der Waals surface area contributed by atoms with Crippen molar-refractivity contribution in [2.75, 3.05) is 12.8 Å². The van der Waals surface area contributed by atoms with Crippen LogP contribution >= 0.6 is 11.3 Å². The summed E-state index contributed by atoms with van der Waals surface area (Å²) in [6, 6.07) is 0. The molecule has 0 spiro atoms. The van der Waals surface area contributed by atoms with Gasteiger partial charge in [-0.25, -0.2) is 14.5 Å². The van der Waals surface area contributed by atoms with Crippen molar-refractivity contribution >= 4 is 28.7 Å². The molecule has 0 saturated heterocycles. The molecule has 0 amide bonds. The highest BCUT2D eigenvalue weighted by molar-refractivity contribution is 7.13. The van der Waals surface area contributed by atoms with Gasteiger partial charge in [-0.05, 0) is 6.92 Å². The van der Waals surface area contributed by atoms with Gasteiger partial charge in [0, 0.05) is 5.38 Å². The zero-order chi connectivity index (χ0) is 11.4. The van der Waals surface area contributed by atoms with Gasteiger partial charge in [-0.3, -0.25) is 0 Å². The first-order chi connectivity index (χ1) is 6.99. The number of thiazole rings is 1. The van der Waals surface area contributed by atoms with Crippen molar-refractivity contribution in [3.63, 3.8) is 0 Å². The summed E-state index contributed by atoms with van der Waals surface area (Å²) < 4.78 is 5.29. The fourth-order valence-electron chi connectivity index (χ4n) is 0.901. The average Bonchev–Trinajstić information content (AvgIpc) is 2.49. The van der Waals surface area contributed by atoms with E-state index in [2.05, 4.69) is 4.98 Å². The van der Waals surface area contributed by atoms with Crippen molar-refractivity contribution in [3.8, 4) is 0 Å². The smallest absolute Gasteiger partial charge is 0.397 e. The Morgan fingerprint density at radius 2 is 2.53 bits per heavy atom. The molecule has 0 saturated carbocycles. The van der Waals surface area contributed by atoms with Crippen LogP contribution in [0, 0.1) is 5.21 Å². The Morgan fingerprint density at radius 1 is 1.87 bits per heavy atom. The molecule has 0 aliphatic heterocycles. The number of nitrogens with zero attached hydrogens (tertiary/aromatic N) is 2. The standard InChI is InChI=1S/C8H11N3O3S/c1-5(6-4-15-8(9)10-6)14-7(12)3-11(2)13/h3-5H,1-2H3,(H2,9,10)/b11-3-. The molecule has 0 aliphatic carbocycles. The molecule has 1 unspecified atom stereocenters. The summed E-state index contributed by atoms with van der Waals surface area (Å²) in [5.41, 5.74) is 6.01. The molecule has 1 heterocycles. The Kier molecular flexibility index (Phi) is 3.62. The van der Waals surface area contributed by atoms with Crippen LogP contribution in [0.2, 0.25) is 0 Å². The molecule has 7 heteroatoms. The van der Waals surface area contributed by atoms with Crippen molar-refractivity contribution in [2.24, 2.45) is 0 Å². The van der Waals surface area contributed by atoms with Gasteiger partial charge in [0.15, 0.2) is 5.13 Å². The molecule has 15 heavy (non-hydrogen) atoms. The van der Waals surface area contributed by atoms with Crippen molar-refractivity contribution in [1.29, 1.82) is 0 Å². The highest BCUT2D eigenvalue weighted by atomic mass is 32.1. The lowest BCUT2D eigenvalue weighted by Crippen LogP contribution is -2.14. The number of hydroxylamine groups is 1. The van der Waals surface area contributed by atoms with E-state index in [0.29, 0.717) is 15.6 Å². The zero-order valence-corrected chi connectivity index (χ0v) is 9.15. The zero-order valence-electron chi connectivity index (χ0n) is 8.34. The fourth-order valence-corrected chi connectivity index (χ4v) is 1.54. The van der Waals surface area contributed by atoms with Gasteiger partial charge < -0.3 is 15.7 Å². The topological polar surface area (TPSA) is 91.3 Å². The third-order valence-electron chi connectivity index (χ3n) is 1.54. The van der Waals surface area contributed by atoms with E-state index in [1.165, 1.54) is 18.4 Å². The number of nitrogen functional groups attached to an aromatic ring is 1. The minimum atomic E-state index is -0.702. The summed E-state index contributed by atoms with van der Waals surface area (Å²) in [5, 5.41) is 12.6. The number of carbonyl (C=O) groups excluding carboxylic acids is 1.